The summed E-state index contributed by atoms with van der Waals surface area (Å²) in [6.07, 6.45) is 42.6. The number of ketones is 1. The van der Waals surface area contributed by atoms with E-state index in [1.54, 1.807) is 0 Å². The highest BCUT2D eigenvalue weighted by Crippen LogP contribution is 2.24. The first-order chi connectivity index (χ1) is 30.8. The lowest BCUT2D eigenvalue weighted by atomic mass is 10.0. The van der Waals surface area contributed by atoms with Crippen molar-refractivity contribution in [1.29, 1.82) is 0 Å². The predicted molar refractivity (Wildman–Crippen MR) is 257 cm³/mol. The van der Waals surface area contributed by atoms with Crippen molar-refractivity contribution >= 4 is 29.7 Å². The third-order valence-electron chi connectivity index (χ3n) is 12.8. The summed E-state index contributed by atoms with van der Waals surface area (Å²) in [6, 6.07) is 0. The lowest BCUT2D eigenvalue weighted by Gasteiger charge is -2.25. The zero-order chi connectivity index (χ0) is 45.9. The summed E-state index contributed by atoms with van der Waals surface area (Å²) in [5.74, 6) is -3.70. The summed E-state index contributed by atoms with van der Waals surface area (Å²) < 4.78 is 22.2. The molecule has 0 aromatic rings. The van der Waals surface area contributed by atoms with E-state index in [4.69, 9.17) is 18.9 Å². The molecule has 0 aromatic carbocycles. The van der Waals surface area contributed by atoms with E-state index in [9.17, 15) is 24.0 Å². The number of unbranched alkanes of at least 4 members (excludes halogenated alkanes) is 36. The van der Waals surface area contributed by atoms with Gasteiger partial charge in [0.05, 0.1) is 0 Å². The van der Waals surface area contributed by atoms with Crippen molar-refractivity contribution in [2.75, 3.05) is 6.61 Å². The van der Waals surface area contributed by atoms with Crippen molar-refractivity contribution < 1.29 is 42.9 Å². The van der Waals surface area contributed by atoms with E-state index in [-0.39, 0.29) is 25.9 Å². The first kappa shape index (κ1) is 58.6. The van der Waals surface area contributed by atoms with Gasteiger partial charge in [-0.1, -0.05) is 252 Å². The molecule has 1 aliphatic rings. The van der Waals surface area contributed by atoms with E-state index < -0.39 is 48.0 Å². The van der Waals surface area contributed by atoms with Crippen LogP contribution >= 0.6 is 0 Å². The van der Waals surface area contributed by atoms with Gasteiger partial charge in [-0.05, 0) is 19.3 Å². The standard InChI is InChI=1S/C54H98O9/c1-4-7-10-13-16-19-22-24-25-27-29-31-34-37-40-43-48(55)60-46-47(61-49(56)44-41-38-35-32-28-21-18-15-12-9-6-3)52-53(51(58)54(59)63-52)62-50(57)45-42-39-36-33-30-26-23-20-17-14-11-8-5-2/h47,52-53H,4-46H2,1-3H3/t47-,52+,53?/m0/s1. The van der Waals surface area contributed by atoms with Crippen LogP contribution in [0.5, 0.6) is 0 Å². The Hall–Kier alpha value is -2.45. The van der Waals surface area contributed by atoms with E-state index in [0.29, 0.717) is 19.3 Å². The molecule has 1 rings (SSSR count). The molecule has 1 unspecified atom stereocenters. The normalized spacial score (nSPS) is 15.4. The van der Waals surface area contributed by atoms with E-state index >= 15 is 0 Å². The highest BCUT2D eigenvalue weighted by Gasteiger charge is 2.51. The fraction of sp³-hybridized carbons (Fsp3) is 0.907. The third kappa shape index (κ3) is 34.6. The zero-order valence-electron chi connectivity index (χ0n) is 41.3. The van der Waals surface area contributed by atoms with Crippen LogP contribution in [0.4, 0.5) is 0 Å². The Morgan fingerprint density at radius 1 is 0.413 bits per heavy atom. The van der Waals surface area contributed by atoms with Crippen LogP contribution in [0.15, 0.2) is 0 Å². The second-order valence-corrected chi connectivity index (χ2v) is 18.8. The van der Waals surface area contributed by atoms with Crippen LogP contribution in [0.25, 0.3) is 0 Å². The molecule has 63 heavy (non-hydrogen) atoms. The van der Waals surface area contributed by atoms with Gasteiger partial charge in [-0.15, -0.1) is 0 Å². The SMILES string of the molecule is CCCCCCCCCCCCCCCCCC(=O)OC[C@H](OC(=O)CCCCCCCCCCCCC)[C@H]1OC(=O)C(=O)C1OC(=O)CCCCCCCCCCCCCCC. The molecule has 0 radical (unpaired) electrons. The minimum absolute atomic E-state index is 0.111. The quantitative estimate of drug-likeness (QED) is 0.0254. The van der Waals surface area contributed by atoms with E-state index in [0.717, 1.165) is 57.8 Å². The molecule has 0 amide bonds. The highest BCUT2D eigenvalue weighted by atomic mass is 16.6. The largest absolute Gasteiger partial charge is 0.462 e. The topological polar surface area (TPSA) is 122 Å². The molecular formula is C54H98O9. The van der Waals surface area contributed by atoms with Gasteiger partial charge < -0.3 is 18.9 Å². The summed E-state index contributed by atoms with van der Waals surface area (Å²) in [6.45, 7) is 6.34. The maximum Gasteiger partial charge on any atom is 0.379 e. The molecule has 0 aromatic heterocycles. The molecule has 3 atom stereocenters. The number of carbonyl (C=O) groups excluding carboxylic acids is 5. The average Bonchev–Trinajstić information content (AvgIpc) is 3.55. The van der Waals surface area contributed by atoms with Gasteiger partial charge in [0, 0.05) is 19.3 Å². The Kier molecular flexibility index (Phi) is 40.4. The maximum atomic E-state index is 13.1. The van der Waals surface area contributed by atoms with E-state index in [1.807, 2.05) is 0 Å². The molecule has 1 saturated heterocycles. The molecular weight excluding hydrogens is 793 g/mol. The van der Waals surface area contributed by atoms with Crippen LogP contribution in [-0.4, -0.2) is 54.6 Å². The Morgan fingerprint density at radius 3 is 1.03 bits per heavy atom. The lowest BCUT2D eigenvalue weighted by Crippen LogP contribution is -2.45. The van der Waals surface area contributed by atoms with Gasteiger partial charge in [0.25, 0.3) is 5.78 Å². The third-order valence-corrected chi connectivity index (χ3v) is 12.8. The number of esters is 4. The van der Waals surface area contributed by atoms with Gasteiger partial charge in [0.1, 0.15) is 6.61 Å². The first-order valence-electron chi connectivity index (χ1n) is 27.1. The van der Waals surface area contributed by atoms with Crippen LogP contribution in [0.3, 0.4) is 0 Å². The summed E-state index contributed by atoms with van der Waals surface area (Å²) in [7, 11) is 0. The number of hydrogen-bond donors (Lipinski definition) is 0. The van der Waals surface area contributed by atoms with Crippen LogP contribution in [-0.2, 0) is 42.9 Å². The highest BCUT2D eigenvalue weighted by molar-refractivity contribution is 6.37. The Balaban J connectivity index is 2.53. The number of carbonyl (C=O) groups is 5. The molecule has 1 heterocycles. The smallest absolute Gasteiger partial charge is 0.379 e. The van der Waals surface area contributed by atoms with E-state index in [2.05, 4.69) is 20.8 Å². The van der Waals surface area contributed by atoms with Gasteiger partial charge in [-0.3, -0.25) is 19.2 Å². The van der Waals surface area contributed by atoms with Crippen molar-refractivity contribution in [3.05, 3.63) is 0 Å². The zero-order valence-corrected chi connectivity index (χ0v) is 41.3. The van der Waals surface area contributed by atoms with Crippen molar-refractivity contribution in [1.82, 2.24) is 0 Å². The Labute approximate surface area is 386 Å². The second-order valence-electron chi connectivity index (χ2n) is 18.8. The molecule has 0 aliphatic carbocycles. The van der Waals surface area contributed by atoms with Crippen molar-refractivity contribution in [3.63, 3.8) is 0 Å². The lowest BCUT2D eigenvalue weighted by molar-refractivity contribution is -0.178. The van der Waals surface area contributed by atoms with Crippen LogP contribution < -0.4 is 0 Å². The molecule has 368 valence electrons. The van der Waals surface area contributed by atoms with Gasteiger partial charge in [0.15, 0.2) is 12.2 Å². The molecule has 1 aliphatic heterocycles. The second kappa shape index (κ2) is 43.4. The molecule has 1 fully saturated rings. The van der Waals surface area contributed by atoms with Crippen molar-refractivity contribution in [2.24, 2.45) is 0 Å². The van der Waals surface area contributed by atoms with Crippen molar-refractivity contribution in [3.8, 4) is 0 Å². The molecule has 0 saturated carbocycles. The summed E-state index contributed by atoms with van der Waals surface area (Å²) in [4.78, 5) is 64.3. The molecule has 9 nitrogen and oxygen atoms in total. The molecule has 9 heteroatoms. The minimum atomic E-state index is -1.55. The molecule has 0 N–H and O–H groups in total. The summed E-state index contributed by atoms with van der Waals surface area (Å²) >= 11 is 0. The van der Waals surface area contributed by atoms with Gasteiger partial charge >= 0.3 is 23.9 Å². The van der Waals surface area contributed by atoms with Gasteiger partial charge in [-0.25, -0.2) is 4.79 Å². The van der Waals surface area contributed by atoms with Gasteiger partial charge in [-0.2, -0.15) is 0 Å². The molecule has 0 spiro atoms. The summed E-state index contributed by atoms with van der Waals surface area (Å²) in [5, 5.41) is 0. The Bertz CT molecular complexity index is 1120. The van der Waals surface area contributed by atoms with Crippen molar-refractivity contribution in [2.45, 2.75) is 309 Å². The number of cyclic esters (lactones) is 1. The van der Waals surface area contributed by atoms with E-state index in [1.165, 1.54) is 173 Å². The van der Waals surface area contributed by atoms with Crippen LogP contribution in [0, 0.1) is 0 Å². The molecule has 0 bridgehead atoms. The number of ether oxygens (including phenoxy) is 4. The number of hydrogen-bond acceptors (Lipinski definition) is 9. The fourth-order valence-corrected chi connectivity index (χ4v) is 8.63. The number of Topliss-reactive ketones (excluding diaryl/α,β-unsaturated/α-hetero) is 1. The average molecular weight is 891 g/mol. The summed E-state index contributed by atoms with van der Waals surface area (Å²) in [5.41, 5.74) is 0. The number of rotatable bonds is 47. The first-order valence-corrected chi connectivity index (χ1v) is 27.1. The van der Waals surface area contributed by atoms with Crippen LogP contribution in [0.2, 0.25) is 0 Å². The fourth-order valence-electron chi connectivity index (χ4n) is 8.63. The monoisotopic (exact) mass is 891 g/mol. The Morgan fingerprint density at radius 2 is 0.698 bits per heavy atom. The van der Waals surface area contributed by atoms with Gasteiger partial charge in [0.2, 0.25) is 6.10 Å². The maximum absolute atomic E-state index is 13.1. The predicted octanol–water partition coefficient (Wildman–Crippen LogP) is 15.3. The minimum Gasteiger partial charge on any atom is -0.462 e. The van der Waals surface area contributed by atoms with Crippen LogP contribution in [0.1, 0.15) is 290 Å².